The zero-order valence-corrected chi connectivity index (χ0v) is 12.7. The van der Waals surface area contributed by atoms with Crippen LogP contribution in [0.1, 0.15) is 43.2 Å². The molecular formula is C15H26N4O. The van der Waals surface area contributed by atoms with Crippen LogP contribution in [0.5, 0.6) is 0 Å². The minimum absolute atomic E-state index is 0.0191. The second-order valence-corrected chi connectivity index (χ2v) is 6.12. The van der Waals surface area contributed by atoms with Crippen molar-refractivity contribution < 1.29 is 4.79 Å². The van der Waals surface area contributed by atoms with Crippen LogP contribution in [0.2, 0.25) is 0 Å². The first-order valence-electron chi connectivity index (χ1n) is 7.41. The summed E-state index contributed by atoms with van der Waals surface area (Å²) in [6.07, 6.45) is 4.14. The zero-order chi connectivity index (χ0) is 14.7. The van der Waals surface area contributed by atoms with Gasteiger partial charge in [-0.1, -0.05) is 0 Å². The maximum absolute atomic E-state index is 12.3. The molecule has 1 amide bonds. The minimum atomic E-state index is -0.0191. The van der Waals surface area contributed by atoms with E-state index in [9.17, 15) is 4.79 Å². The number of aromatic nitrogens is 1. The molecule has 0 bridgehead atoms. The van der Waals surface area contributed by atoms with Gasteiger partial charge in [-0.3, -0.25) is 4.79 Å². The number of amides is 1. The Hall–Kier alpha value is -1.49. The molecule has 0 atom stereocenters. The molecule has 1 aromatic heterocycles. The van der Waals surface area contributed by atoms with Crippen molar-refractivity contribution in [3.05, 3.63) is 18.0 Å². The third-order valence-corrected chi connectivity index (χ3v) is 4.05. The lowest BCUT2D eigenvalue weighted by Crippen LogP contribution is -2.37. The van der Waals surface area contributed by atoms with E-state index < -0.39 is 0 Å². The van der Waals surface area contributed by atoms with Crippen molar-refractivity contribution in [2.75, 3.05) is 32.4 Å². The molecule has 20 heavy (non-hydrogen) atoms. The van der Waals surface area contributed by atoms with Crippen molar-refractivity contribution in [2.45, 2.75) is 32.7 Å². The fraction of sp³-hybridized carbons (Fsp3) is 0.667. The third kappa shape index (κ3) is 3.54. The summed E-state index contributed by atoms with van der Waals surface area (Å²) in [5, 5.41) is 3.06. The minimum Gasteiger partial charge on any atom is -0.397 e. The van der Waals surface area contributed by atoms with Crippen molar-refractivity contribution in [2.24, 2.45) is 5.92 Å². The second-order valence-electron chi connectivity index (χ2n) is 6.12. The van der Waals surface area contributed by atoms with Crippen molar-refractivity contribution >= 4 is 11.6 Å². The molecule has 112 valence electrons. The lowest BCUT2D eigenvalue weighted by Gasteiger charge is -2.29. The molecule has 1 aliphatic heterocycles. The molecule has 0 unspecified atom stereocenters. The maximum atomic E-state index is 12.3. The second kappa shape index (κ2) is 6.31. The van der Waals surface area contributed by atoms with Crippen LogP contribution >= 0.6 is 0 Å². The number of nitrogens with one attached hydrogen (secondary N) is 1. The third-order valence-electron chi connectivity index (χ3n) is 4.05. The first kappa shape index (κ1) is 14.9. The number of piperidine rings is 1. The molecule has 0 radical (unpaired) electrons. The molecule has 1 saturated heterocycles. The Morgan fingerprint density at radius 3 is 2.70 bits per heavy atom. The quantitative estimate of drug-likeness (QED) is 0.881. The van der Waals surface area contributed by atoms with Crippen molar-refractivity contribution in [1.82, 2.24) is 14.8 Å². The molecule has 2 heterocycles. The predicted octanol–water partition coefficient (Wildman–Crippen LogP) is 1.72. The van der Waals surface area contributed by atoms with Gasteiger partial charge in [0.25, 0.3) is 5.91 Å². The average Bonchev–Trinajstić information content (AvgIpc) is 2.80. The highest BCUT2D eigenvalue weighted by Crippen LogP contribution is 2.18. The molecule has 2 rings (SSSR count). The van der Waals surface area contributed by atoms with Crippen molar-refractivity contribution in [1.29, 1.82) is 0 Å². The van der Waals surface area contributed by atoms with Crippen LogP contribution in [-0.2, 0) is 0 Å². The number of hydrogen-bond donors (Lipinski definition) is 2. The van der Waals surface area contributed by atoms with E-state index in [0.717, 1.165) is 32.5 Å². The van der Waals surface area contributed by atoms with Crippen molar-refractivity contribution in [3.63, 3.8) is 0 Å². The Bertz CT molecular complexity index is 458. The summed E-state index contributed by atoms with van der Waals surface area (Å²) in [5.41, 5.74) is 7.10. The normalized spacial score (nSPS) is 17.6. The summed E-state index contributed by atoms with van der Waals surface area (Å²) >= 11 is 0. The lowest BCUT2D eigenvalue weighted by atomic mass is 9.97. The largest absolute Gasteiger partial charge is 0.397 e. The summed E-state index contributed by atoms with van der Waals surface area (Å²) in [6.45, 7) is 7.10. The van der Waals surface area contributed by atoms with Crippen LogP contribution in [0.4, 0.5) is 5.69 Å². The number of nitrogens with two attached hydrogens (primary N) is 1. The van der Waals surface area contributed by atoms with Gasteiger partial charge in [0, 0.05) is 18.8 Å². The lowest BCUT2D eigenvalue weighted by molar-refractivity contribution is 0.0928. The first-order valence-corrected chi connectivity index (χ1v) is 7.41. The van der Waals surface area contributed by atoms with Crippen LogP contribution in [-0.4, -0.2) is 42.1 Å². The highest BCUT2D eigenvalue weighted by atomic mass is 16.1. The molecule has 0 aromatic carbocycles. The number of nitrogens with zero attached hydrogens (tertiary/aromatic N) is 2. The van der Waals surface area contributed by atoms with Gasteiger partial charge < -0.3 is 20.5 Å². The van der Waals surface area contributed by atoms with Gasteiger partial charge >= 0.3 is 0 Å². The summed E-state index contributed by atoms with van der Waals surface area (Å²) in [7, 11) is 2.15. The van der Waals surface area contributed by atoms with Gasteiger partial charge in [0.2, 0.25) is 0 Å². The first-order chi connectivity index (χ1) is 9.47. The topological polar surface area (TPSA) is 63.3 Å². The zero-order valence-electron chi connectivity index (χ0n) is 12.7. The standard InChI is InChI=1S/C15H26N4O/c1-11(2)19-10-13(16)8-14(19)15(20)17-9-12-4-6-18(3)7-5-12/h8,10-12H,4-7,9,16H2,1-3H3,(H,17,20). The van der Waals surface area contributed by atoms with Crippen LogP contribution in [0.3, 0.4) is 0 Å². The number of carbonyl (C=O) groups is 1. The molecule has 1 fully saturated rings. The van der Waals surface area contributed by atoms with E-state index in [4.69, 9.17) is 5.73 Å². The van der Waals surface area contributed by atoms with Crippen molar-refractivity contribution in [3.8, 4) is 0 Å². The van der Waals surface area contributed by atoms with E-state index >= 15 is 0 Å². The Morgan fingerprint density at radius 2 is 2.10 bits per heavy atom. The van der Waals surface area contributed by atoms with E-state index in [-0.39, 0.29) is 11.9 Å². The van der Waals surface area contributed by atoms with Crippen LogP contribution < -0.4 is 11.1 Å². The Kier molecular flexibility index (Phi) is 4.70. The Labute approximate surface area is 121 Å². The van der Waals surface area contributed by atoms with Crippen LogP contribution in [0.25, 0.3) is 0 Å². The van der Waals surface area contributed by atoms with Crippen LogP contribution in [0, 0.1) is 5.92 Å². The number of carbonyl (C=O) groups excluding carboxylic acids is 1. The molecular weight excluding hydrogens is 252 g/mol. The number of likely N-dealkylation sites (tertiary alicyclic amines) is 1. The highest BCUT2D eigenvalue weighted by molar-refractivity contribution is 5.93. The summed E-state index contributed by atoms with van der Waals surface area (Å²) in [6, 6.07) is 1.99. The fourth-order valence-corrected chi connectivity index (χ4v) is 2.70. The average molecular weight is 278 g/mol. The SMILES string of the molecule is CC(C)n1cc(N)cc1C(=O)NCC1CCN(C)CC1. The predicted molar refractivity (Wildman–Crippen MR) is 81.8 cm³/mol. The van der Waals surface area contributed by atoms with E-state index in [1.807, 2.05) is 24.6 Å². The summed E-state index contributed by atoms with van der Waals surface area (Å²) in [4.78, 5) is 14.6. The number of anilines is 1. The van der Waals surface area contributed by atoms with E-state index in [1.165, 1.54) is 0 Å². The van der Waals surface area contributed by atoms with Gasteiger partial charge in [-0.2, -0.15) is 0 Å². The summed E-state index contributed by atoms with van der Waals surface area (Å²) in [5.74, 6) is 0.573. The highest BCUT2D eigenvalue weighted by Gasteiger charge is 2.19. The fourth-order valence-electron chi connectivity index (χ4n) is 2.70. The van der Waals surface area contributed by atoms with E-state index in [1.54, 1.807) is 6.07 Å². The molecule has 5 nitrogen and oxygen atoms in total. The van der Waals surface area contributed by atoms with Gasteiger partial charge in [-0.05, 0) is 58.8 Å². The van der Waals surface area contributed by atoms with Gasteiger partial charge in [0.15, 0.2) is 0 Å². The summed E-state index contributed by atoms with van der Waals surface area (Å²) < 4.78 is 1.93. The number of rotatable bonds is 4. The molecule has 3 N–H and O–H groups in total. The van der Waals surface area contributed by atoms with Crippen LogP contribution in [0.15, 0.2) is 12.3 Å². The van der Waals surface area contributed by atoms with Gasteiger partial charge in [0.1, 0.15) is 5.69 Å². The van der Waals surface area contributed by atoms with E-state index in [2.05, 4.69) is 17.3 Å². The molecule has 0 saturated carbocycles. The molecule has 1 aromatic rings. The number of hydrogen-bond acceptors (Lipinski definition) is 3. The monoisotopic (exact) mass is 278 g/mol. The Balaban J connectivity index is 1.92. The molecule has 5 heteroatoms. The van der Waals surface area contributed by atoms with Gasteiger partial charge in [-0.15, -0.1) is 0 Å². The molecule has 0 aliphatic carbocycles. The molecule has 1 aliphatic rings. The smallest absolute Gasteiger partial charge is 0.268 e. The van der Waals surface area contributed by atoms with Gasteiger partial charge in [0.05, 0.1) is 5.69 Å². The van der Waals surface area contributed by atoms with Gasteiger partial charge in [-0.25, -0.2) is 0 Å². The van der Waals surface area contributed by atoms with E-state index in [0.29, 0.717) is 17.3 Å². The maximum Gasteiger partial charge on any atom is 0.268 e. The molecule has 0 spiro atoms. The Morgan fingerprint density at radius 1 is 1.45 bits per heavy atom. The number of nitrogen functional groups attached to an aromatic ring is 1.